The van der Waals surface area contributed by atoms with Crippen molar-refractivity contribution >= 4 is 27.5 Å². The minimum atomic E-state index is -4.26. The summed E-state index contributed by atoms with van der Waals surface area (Å²) in [5.74, 6) is -0.0797. The smallest absolute Gasteiger partial charge is 0.264 e. The lowest BCUT2D eigenvalue weighted by Gasteiger charge is -2.34. The second-order valence-electron chi connectivity index (χ2n) is 11.6. The van der Waals surface area contributed by atoms with Crippen molar-refractivity contribution in [3.63, 3.8) is 0 Å². The summed E-state index contributed by atoms with van der Waals surface area (Å²) in [6.07, 6.45) is 5.45. The maximum atomic E-state index is 14.5. The highest BCUT2D eigenvalue weighted by Gasteiger charge is 2.35. The Morgan fingerprint density at radius 1 is 0.911 bits per heavy atom. The minimum absolute atomic E-state index is 0.0260. The number of ether oxygens (including phenoxy) is 2. The van der Waals surface area contributed by atoms with Crippen molar-refractivity contribution < 1.29 is 27.5 Å². The predicted molar refractivity (Wildman–Crippen MR) is 176 cm³/mol. The molecule has 1 atom stereocenters. The molecule has 1 saturated carbocycles. The minimum Gasteiger partial charge on any atom is -0.497 e. The van der Waals surface area contributed by atoms with E-state index in [-0.39, 0.29) is 34.8 Å². The summed E-state index contributed by atoms with van der Waals surface area (Å²) in [6.45, 7) is 5.29. The topological polar surface area (TPSA) is 105 Å². The van der Waals surface area contributed by atoms with Gasteiger partial charge in [0.05, 0.1) is 24.8 Å². The molecular formula is C35H45N3O6S. The van der Waals surface area contributed by atoms with E-state index < -0.39 is 28.5 Å². The fourth-order valence-electron chi connectivity index (χ4n) is 5.81. The van der Waals surface area contributed by atoms with E-state index in [0.717, 1.165) is 53.1 Å². The molecule has 1 aliphatic carbocycles. The van der Waals surface area contributed by atoms with Gasteiger partial charge in [-0.25, -0.2) is 8.42 Å². The first-order valence-corrected chi connectivity index (χ1v) is 17.0. The number of nitrogens with zero attached hydrogens (tertiary/aromatic N) is 2. The molecule has 0 heterocycles. The molecule has 1 N–H and O–H groups in total. The zero-order valence-electron chi connectivity index (χ0n) is 26.9. The molecule has 0 bridgehead atoms. The standard InChI is InChI=1S/C35H45N3O6S/c1-6-31(35(40)36-28-13-8-7-9-14-28)37(23-27-12-10-11-26(3)21-27)34(39)24-38(32-22-29(43-4)17-20-33(32)44-5)45(41,42)30-18-15-25(2)16-19-30/h10-12,15-22,28,31H,6-9,13-14,23-24H2,1-5H3,(H,36,40)/t31-/m0/s1. The molecule has 0 aromatic heterocycles. The number of aryl methyl sites for hydroxylation is 2. The van der Waals surface area contributed by atoms with Crippen LogP contribution in [0, 0.1) is 13.8 Å². The molecule has 0 spiro atoms. The molecule has 1 aliphatic rings. The zero-order valence-corrected chi connectivity index (χ0v) is 27.7. The van der Waals surface area contributed by atoms with Gasteiger partial charge in [-0.2, -0.15) is 0 Å². The summed E-state index contributed by atoms with van der Waals surface area (Å²) in [5.41, 5.74) is 2.92. The molecular weight excluding hydrogens is 590 g/mol. The van der Waals surface area contributed by atoms with Gasteiger partial charge < -0.3 is 19.7 Å². The van der Waals surface area contributed by atoms with Crippen LogP contribution in [0.1, 0.15) is 62.1 Å². The van der Waals surface area contributed by atoms with Gasteiger partial charge in [-0.3, -0.25) is 13.9 Å². The van der Waals surface area contributed by atoms with Gasteiger partial charge in [0, 0.05) is 18.7 Å². The second-order valence-corrected chi connectivity index (χ2v) is 13.5. The summed E-state index contributed by atoms with van der Waals surface area (Å²) in [4.78, 5) is 29.8. The molecule has 3 aromatic carbocycles. The van der Waals surface area contributed by atoms with Crippen LogP contribution in [-0.4, -0.2) is 58.0 Å². The maximum absolute atomic E-state index is 14.5. The number of hydrogen-bond donors (Lipinski definition) is 1. The number of anilines is 1. The molecule has 9 nitrogen and oxygen atoms in total. The van der Waals surface area contributed by atoms with Gasteiger partial charge in [-0.15, -0.1) is 0 Å². The fraction of sp³-hybridized carbons (Fsp3) is 0.429. The van der Waals surface area contributed by atoms with Crippen molar-refractivity contribution in [3.8, 4) is 11.5 Å². The Morgan fingerprint density at radius 3 is 2.24 bits per heavy atom. The summed E-state index contributed by atoms with van der Waals surface area (Å²) in [5, 5.41) is 3.18. The number of carbonyl (C=O) groups excluding carboxylic acids is 2. The highest BCUT2D eigenvalue weighted by atomic mass is 32.2. The molecule has 10 heteroatoms. The van der Waals surface area contributed by atoms with Crippen LogP contribution >= 0.6 is 0 Å². The third-order valence-corrected chi connectivity index (χ3v) is 10.1. The van der Waals surface area contributed by atoms with E-state index in [2.05, 4.69) is 5.32 Å². The monoisotopic (exact) mass is 635 g/mol. The zero-order chi connectivity index (χ0) is 32.6. The first kappa shape index (κ1) is 33.8. The van der Waals surface area contributed by atoms with Crippen LogP contribution in [0.4, 0.5) is 5.69 Å². The molecule has 4 rings (SSSR count). The Bertz CT molecular complexity index is 1570. The van der Waals surface area contributed by atoms with E-state index in [1.807, 2.05) is 45.0 Å². The van der Waals surface area contributed by atoms with E-state index in [0.29, 0.717) is 12.2 Å². The lowest BCUT2D eigenvalue weighted by Crippen LogP contribution is -2.54. The van der Waals surface area contributed by atoms with Gasteiger partial charge >= 0.3 is 0 Å². The van der Waals surface area contributed by atoms with Crippen LogP contribution in [0.3, 0.4) is 0 Å². The van der Waals surface area contributed by atoms with Crippen molar-refractivity contribution in [2.24, 2.45) is 0 Å². The summed E-state index contributed by atoms with van der Waals surface area (Å²) < 4.78 is 40.6. The molecule has 242 valence electrons. The highest BCUT2D eigenvalue weighted by molar-refractivity contribution is 7.92. The largest absolute Gasteiger partial charge is 0.497 e. The number of carbonyl (C=O) groups is 2. The lowest BCUT2D eigenvalue weighted by atomic mass is 9.95. The molecule has 0 saturated heterocycles. The van der Waals surface area contributed by atoms with Crippen LogP contribution in [-0.2, 0) is 26.2 Å². The van der Waals surface area contributed by atoms with Crippen LogP contribution in [0.2, 0.25) is 0 Å². The van der Waals surface area contributed by atoms with Crippen molar-refractivity contribution in [2.45, 2.75) is 82.8 Å². The number of methoxy groups -OCH3 is 2. The number of benzene rings is 3. The van der Waals surface area contributed by atoms with Gasteiger partial charge in [0.15, 0.2) is 0 Å². The molecule has 0 unspecified atom stereocenters. The molecule has 3 aromatic rings. The van der Waals surface area contributed by atoms with Crippen molar-refractivity contribution in [2.75, 3.05) is 25.1 Å². The normalized spacial score (nSPS) is 14.3. The van der Waals surface area contributed by atoms with Crippen LogP contribution in [0.5, 0.6) is 11.5 Å². The van der Waals surface area contributed by atoms with E-state index in [1.165, 1.54) is 37.3 Å². The Balaban J connectivity index is 1.77. The Kier molecular flexibility index (Phi) is 11.5. The Labute approximate surface area is 267 Å². The number of rotatable bonds is 13. The van der Waals surface area contributed by atoms with Gasteiger partial charge in [-0.1, -0.05) is 73.7 Å². The highest BCUT2D eigenvalue weighted by Crippen LogP contribution is 2.36. The third kappa shape index (κ3) is 8.36. The Hall–Kier alpha value is -4.05. The fourth-order valence-corrected chi connectivity index (χ4v) is 7.23. The third-order valence-electron chi connectivity index (χ3n) is 8.32. The predicted octanol–water partition coefficient (Wildman–Crippen LogP) is 5.77. The average Bonchev–Trinajstić information content (AvgIpc) is 3.03. The average molecular weight is 636 g/mol. The van der Waals surface area contributed by atoms with Crippen LogP contribution in [0.15, 0.2) is 71.6 Å². The molecule has 0 aliphatic heterocycles. The molecule has 2 amide bonds. The maximum Gasteiger partial charge on any atom is 0.264 e. The number of amides is 2. The Morgan fingerprint density at radius 2 is 1.62 bits per heavy atom. The van der Waals surface area contributed by atoms with E-state index in [1.54, 1.807) is 24.3 Å². The summed E-state index contributed by atoms with van der Waals surface area (Å²) >= 11 is 0. The second kappa shape index (κ2) is 15.3. The van der Waals surface area contributed by atoms with E-state index in [9.17, 15) is 18.0 Å². The lowest BCUT2D eigenvalue weighted by molar-refractivity contribution is -0.140. The molecule has 0 radical (unpaired) electrons. The SMILES string of the molecule is CC[C@@H](C(=O)NC1CCCCC1)N(Cc1cccc(C)c1)C(=O)CN(c1cc(OC)ccc1OC)S(=O)(=O)c1ccc(C)cc1. The number of hydrogen-bond acceptors (Lipinski definition) is 6. The summed E-state index contributed by atoms with van der Waals surface area (Å²) in [6, 6.07) is 18.3. The van der Waals surface area contributed by atoms with E-state index in [4.69, 9.17) is 9.47 Å². The van der Waals surface area contributed by atoms with Gasteiger partial charge in [-0.05, 0) is 62.9 Å². The van der Waals surface area contributed by atoms with Gasteiger partial charge in [0.1, 0.15) is 24.1 Å². The van der Waals surface area contributed by atoms with Crippen molar-refractivity contribution in [1.82, 2.24) is 10.2 Å². The number of sulfonamides is 1. The van der Waals surface area contributed by atoms with Gasteiger partial charge in [0.2, 0.25) is 11.8 Å². The van der Waals surface area contributed by atoms with Gasteiger partial charge in [0.25, 0.3) is 10.0 Å². The number of nitrogens with one attached hydrogen (secondary N) is 1. The van der Waals surface area contributed by atoms with Crippen molar-refractivity contribution in [3.05, 3.63) is 83.4 Å². The van der Waals surface area contributed by atoms with E-state index >= 15 is 0 Å². The van der Waals surface area contributed by atoms with Crippen LogP contribution < -0.4 is 19.1 Å². The van der Waals surface area contributed by atoms with Crippen LogP contribution in [0.25, 0.3) is 0 Å². The van der Waals surface area contributed by atoms with Crippen molar-refractivity contribution in [1.29, 1.82) is 0 Å². The first-order valence-electron chi connectivity index (χ1n) is 15.5. The summed E-state index contributed by atoms with van der Waals surface area (Å²) in [7, 11) is -1.34. The first-order chi connectivity index (χ1) is 21.6. The molecule has 1 fully saturated rings. The quantitative estimate of drug-likeness (QED) is 0.256. The molecule has 45 heavy (non-hydrogen) atoms.